The van der Waals surface area contributed by atoms with Gasteiger partial charge in [0, 0.05) is 11.8 Å². The summed E-state index contributed by atoms with van der Waals surface area (Å²) in [4.78, 5) is 21.0. The third-order valence-corrected chi connectivity index (χ3v) is 5.28. The number of aliphatic hydroxyl groups is 2. The molecule has 9 nitrogen and oxygen atoms in total. The number of carbonyl (C=O) groups is 1. The van der Waals surface area contributed by atoms with Crippen LogP contribution >= 0.6 is 0 Å². The van der Waals surface area contributed by atoms with Gasteiger partial charge < -0.3 is 30.6 Å². The highest BCUT2D eigenvalue weighted by atomic mass is 16.5. The summed E-state index contributed by atoms with van der Waals surface area (Å²) in [5.41, 5.74) is 7.18. The summed E-state index contributed by atoms with van der Waals surface area (Å²) in [6.45, 7) is 0.708. The second-order valence-corrected chi connectivity index (χ2v) is 7.99. The molecule has 4 rings (SSSR count). The third-order valence-electron chi connectivity index (χ3n) is 5.28. The molecule has 33 heavy (non-hydrogen) atoms. The molecule has 0 saturated heterocycles. The molecule has 0 fully saturated rings. The van der Waals surface area contributed by atoms with Crippen LogP contribution in [0.15, 0.2) is 67.1 Å². The number of aromatic nitrogens is 3. The molecule has 0 aliphatic carbocycles. The number of fused-ring (bicyclic) bond motifs is 1. The molecule has 0 aliphatic heterocycles. The van der Waals surface area contributed by atoms with E-state index in [-0.39, 0.29) is 25.7 Å². The summed E-state index contributed by atoms with van der Waals surface area (Å²) in [5, 5.41) is 22.2. The van der Waals surface area contributed by atoms with Crippen molar-refractivity contribution in [2.75, 3.05) is 18.9 Å². The Hall–Kier alpha value is -3.95. The van der Waals surface area contributed by atoms with Crippen molar-refractivity contribution in [3.05, 3.63) is 67.1 Å². The summed E-state index contributed by atoms with van der Waals surface area (Å²) in [6.07, 6.45) is 3.13. The second kappa shape index (κ2) is 9.27. The van der Waals surface area contributed by atoms with Gasteiger partial charge in [0.2, 0.25) is 5.91 Å². The fraction of sp³-hybridized carbons (Fsp3) is 0.208. The minimum atomic E-state index is -1.12. The maximum atomic E-state index is 12.6. The Labute approximate surface area is 190 Å². The Bertz CT molecular complexity index is 1250. The molecule has 5 N–H and O–H groups in total. The summed E-state index contributed by atoms with van der Waals surface area (Å²) in [5.74, 6) is 1.34. The van der Waals surface area contributed by atoms with E-state index in [9.17, 15) is 15.0 Å². The highest BCUT2D eigenvalue weighted by Gasteiger charge is 2.25. The Kier molecular flexibility index (Phi) is 6.25. The average Bonchev–Trinajstić information content (AvgIpc) is 3.19. The maximum Gasteiger partial charge on any atom is 0.240 e. The van der Waals surface area contributed by atoms with Crippen molar-refractivity contribution < 1.29 is 19.7 Å². The van der Waals surface area contributed by atoms with E-state index in [1.807, 2.05) is 54.6 Å². The molecule has 1 amide bonds. The fourth-order valence-corrected chi connectivity index (χ4v) is 3.47. The van der Waals surface area contributed by atoms with Gasteiger partial charge >= 0.3 is 0 Å². The number of nitrogens with one attached hydrogen (secondary N) is 1. The lowest BCUT2D eigenvalue weighted by molar-refractivity contribution is -0.124. The smallest absolute Gasteiger partial charge is 0.240 e. The van der Waals surface area contributed by atoms with Crippen LogP contribution in [0.5, 0.6) is 11.5 Å². The van der Waals surface area contributed by atoms with E-state index in [1.54, 1.807) is 17.7 Å². The number of aliphatic hydroxyl groups excluding tert-OH is 2. The molecule has 2 aromatic carbocycles. The molecule has 2 heterocycles. The van der Waals surface area contributed by atoms with Gasteiger partial charge in [-0.1, -0.05) is 30.3 Å². The molecular formula is C24H25N5O4. The first-order chi connectivity index (χ1) is 15.9. The molecule has 170 valence electrons. The molecule has 0 spiro atoms. The van der Waals surface area contributed by atoms with Crippen molar-refractivity contribution in [2.45, 2.75) is 19.0 Å². The van der Waals surface area contributed by atoms with Crippen LogP contribution in [0.3, 0.4) is 0 Å². The number of nitrogens with zero attached hydrogens (tertiary/aromatic N) is 3. The molecule has 9 heteroatoms. The van der Waals surface area contributed by atoms with Crippen molar-refractivity contribution in [3.63, 3.8) is 0 Å². The van der Waals surface area contributed by atoms with Crippen LogP contribution in [0.1, 0.15) is 6.92 Å². The van der Waals surface area contributed by atoms with Crippen molar-refractivity contribution in [1.82, 2.24) is 19.9 Å². The number of amides is 1. The van der Waals surface area contributed by atoms with E-state index in [1.165, 1.54) is 6.33 Å². The van der Waals surface area contributed by atoms with E-state index in [0.717, 1.165) is 16.9 Å². The predicted molar refractivity (Wildman–Crippen MR) is 125 cm³/mol. The predicted octanol–water partition coefficient (Wildman–Crippen LogP) is 2.33. The highest BCUT2D eigenvalue weighted by molar-refractivity contribution is 6.01. The molecule has 4 aromatic rings. The van der Waals surface area contributed by atoms with Gasteiger partial charge in [0.15, 0.2) is 0 Å². The average molecular weight is 447 g/mol. The summed E-state index contributed by atoms with van der Waals surface area (Å²) in [6, 6.07) is 17.0. The molecule has 2 aromatic heterocycles. The number of hydrogen-bond acceptors (Lipinski definition) is 7. The Morgan fingerprint density at radius 1 is 1.06 bits per heavy atom. The number of anilines is 1. The van der Waals surface area contributed by atoms with E-state index < -0.39 is 5.54 Å². The van der Waals surface area contributed by atoms with Crippen LogP contribution in [0.25, 0.3) is 22.2 Å². The van der Waals surface area contributed by atoms with Crippen LogP contribution in [0, 0.1) is 0 Å². The van der Waals surface area contributed by atoms with Crippen LogP contribution in [-0.2, 0) is 11.3 Å². The molecule has 0 saturated carbocycles. The number of para-hydroxylation sites is 1. The molecular weight excluding hydrogens is 422 g/mol. The SMILES string of the molecule is CC(CO)(CO)NC(=O)Cn1cc(-c2ccc(Oc3ccccc3)cc2)c2c(N)ncnc21. The van der Waals surface area contributed by atoms with E-state index in [4.69, 9.17) is 10.5 Å². The van der Waals surface area contributed by atoms with Crippen LogP contribution in [0.4, 0.5) is 5.82 Å². The van der Waals surface area contributed by atoms with E-state index in [0.29, 0.717) is 22.6 Å². The van der Waals surface area contributed by atoms with Crippen LogP contribution < -0.4 is 15.8 Å². The van der Waals surface area contributed by atoms with Gasteiger partial charge in [-0.2, -0.15) is 0 Å². The summed E-state index contributed by atoms with van der Waals surface area (Å²) < 4.78 is 7.53. The van der Waals surface area contributed by atoms with Gasteiger partial charge in [0.05, 0.1) is 24.1 Å². The molecule has 0 atom stereocenters. The zero-order valence-corrected chi connectivity index (χ0v) is 18.1. The van der Waals surface area contributed by atoms with Crippen LogP contribution in [-0.4, -0.2) is 49.4 Å². The Morgan fingerprint density at radius 2 is 1.73 bits per heavy atom. The first-order valence-electron chi connectivity index (χ1n) is 10.4. The summed E-state index contributed by atoms with van der Waals surface area (Å²) >= 11 is 0. The first-order valence-corrected chi connectivity index (χ1v) is 10.4. The Morgan fingerprint density at radius 3 is 2.39 bits per heavy atom. The number of hydrogen-bond donors (Lipinski definition) is 4. The molecule has 0 radical (unpaired) electrons. The van der Waals surface area contributed by atoms with Crippen molar-refractivity contribution in [3.8, 4) is 22.6 Å². The largest absolute Gasteiger partial charge is 0.457 e. The van der Waals surface area contributed by atoms with E-state index >= 15 is 0 Å². The topological polar surface area (TPSA) is 136 Å². The standard InChI is InChI=1S/C24H25N5O4/c1-24(13-30,14-31)28-20(32)12-29-11-19(21-22(25)26-15-27-23(21)29)16-7-9-18(10-8-16)33-17-5-3-2-4-6-17/h2-11,15,30-31H,12-14H2,1H3,(H,28,32)(H2,25,26,27). The number of carbonyl (C=O) groups excluding carboxylic acids is 1. The van der Waals surface area contributed by atoms with Gasteiger partial charge in [-0.25, -0.2) is 9.97 Å². The number of rotatable bonds is 8. The minimum absolute atomic E-state index is 0.0717. The monoisotopic (exact) mass is 447 g/mol. The molecule has 0 aliphatic rings. The zero-order chi connectivity index (χ0) is 23.4. The Balaban J connectivity index is 1.64. The number of ether oxygens (including phenoxy) is 1. The van der Waals surface area contributed by atoms with Gasteiger partial charge in [0.1, 0.15) is 35.8 Å². The van der Waals surface area contributed by atoms with Crippen molar-refractivity contribution in [1.29, 1.82) is 0 Å². The first kappa shape index (κ1) is 22.3. The lowest BCUT2D eigenvalue weighted by Gasteiger charge is -2.26. The van der Waals surface area contributed by atoms with Crippen LogP contribution in [0.2, 0.25) is 0 Å². The maximum absolute atomic E-state index is 12.6. The van der Waals surface area contributed by atoms with E-state index in [2.05, 4.69) is 15.3 Å². The summed E-state index contributed by atoms with van der Waals surface area (Å²) in [7, 11) is 0. The lowest BCUT2D eigenvalue weighted by atomic mass is 10.1. The number of nitrogen functional groups attached to an aromatic ring is 1. The fourth-order valence-electron chi connectivity index (χ4n) is 3.47. The van der Waals surface area contributed by atoms with Crippen molar-refractivity contribution >= 4 is 22.8 Å². The number of benzene rings is 2. The second-order valence-electron chi connectivity index (χ2n) is 7.99. The van der Waals surface area contributed by atoms with Gasteiger partial charge in [-0.05, 0) is 36.8 Å². The van der Waals surface area contributed by atoms with Gasteiger partial charge in [-0.15, -0.1) is 0 Å². The minimum Gasteiger partial charge on any atom is -0.457 e. The molecule has 0 unspecified atom stereocenters. The van der Waals surface area contributed by atoms with Gasteiger partial charge in [0.25, 0.3) is 0 Å². The van der Waals surface area contributed by atoms with Crippen molar-refractivity contribution in [2.24, 2.45) is 0 Å². The van der Waals surface area contributed by atoms with Gasteiger partial charge in [-0.3, -0.25) is 4.79 Å². The normalized spacial score (nSPS) is 11.5. The quantitative estimate of drug-likeness (QED) is 0.325. The third kappa shape index (κ3) is 4.79. The number of nitrogens with two attached hydrogens (primary N) is 1. The zero-order valence-electron chi connectivity index (χ0n) is 18.1. The molecule has 0 bridgehead atoms. The highest BCUT2D eigenvalue weighted by Crippen LogP contribution is 2.34. The lowest BCUT2D eigenvalue weighted by Crippen LogP contribution is -2.52.